The van der Waals surface area contributed by atoms with Crippen molar-refractivity contribution in [3.63, 3.8) is 0 Å². The second-order valence-electron chi connectivity index (χ2n) is 4.92. The van der Waals surface area contributed by atoms with Crippen LogP contribution in [0.3, 0.4) is 0 Å². The first kappa shape index (κ1) is 12.5. The maximum Gasteiger partial charge on any atom is 0.162 e. The van der Waals surface area contributed by atoms with E-state index < -0.39 is 0 Å². The van der Waals surface area contributed by atoms with Gasteiger partial charge in [0.1, 0.15) is 11.6 Å². The summed E-state index contributed by atoms with van der Waals surface area (Å²) in [5.41, 5.74) is 9.07. The molecule has 0 unspecified atom stereocenters. The molecule has 0 fully saturated rings. The second-order valence-corrected chi connectivity index (χ2v) is 4.92. The van der Waals surface area contributed by atoms with Crippen molar-refractivity contribution in [2.45, 2.75) is 13.8 Å². The van der Waals surface area contributed by atoms with Gasteiger partial charge in [0.05, 0.1) is 5.52 Å². The van der Waals surface area contributed by atoms with Crippen LogP contribution in [0.4, 0.5) is 10.2 Å². The van der Waals surface area contributed by atoms with Crippen molar-refractivity contribution in [1.82, 2.24) is 9.97 Å². The first-order valence-corrected chi connectivity index (χ1v) is 6.35. The minimum absolute atomic E-state index is 0.270. The lowest BCUT2D eigenvalue weighted by Crippen LogP contribution is -1.98. The zero-order chi connectivity index (χ0) is 14.3. The number of nitrogen functional groups attached to an aromatic ring is 1. The van der Waals surface area contributed by atoms with Gasteiger partial charge >= 0.3 is 0 Å². The zero-order valence-corrected chi connectivity index (χ0v) is 11.3. The highest BCUT2D eigenvalue weighted by Gasteiger charge is 2.09. The van der Waals surface area contributed by atoms with Crippen LogP contribution in [0.1, 0.15) is 11.1 Å². The van der Waals surface area contributed by atoms with Gasteiger partial charge in [-0.1, -0.05) is 23.8 Å². The largest absolute Gasteiger partial charge is 0.383 e. The summed E-state index contributed by atoms with van der Waals surface area (Å²) in [6, 6.07) is 10.8. The summed E-state index contributed by atoms with van der Waals surface area (Å²) in [4.78, 5) is 8.74. The molecule has 0 bridgehead atoms. The molecular formula is C16H14FN3. The van der Waals surface area contributed by atoms with E-state index >= 15 is 0 Å². The molecule has 3 nitrogen and oxygen atoms in total. The van der Waals surface area contributed by atoms with Gasteiger partial charge in [-0.25, -0.2) is 14.4 Å². The van der Waals surface area contributed by atoms with E-state index in [1.54, 1.807) is 19.1 Å². The minimum Gasteiger partial charge on any atom is -0.383 e. The summed E-state index contributed by atoms with van der Waals surface area (Å²) in [6.07, 6.45) is 0. The van der Waals surface area contributed by atoms with Crippen LogP contribution in [-0.4, -0.2) is 9.97 Å². The predicted molar refractivity (Wildman–Crippen MR) is 78.8 cm³/mol. The molecule has 3 rings (SSSR count). The van der Waals surface area contributed by atoms with Crippen molar-refractivity contribution in [1.29, 1.82) is 0 Å². The molecule has 2 N–H and O–H groups in total. The number of halogens is 1. The second kappa shape index (κ2) is 4.56. The van der Waals surface area contributed by atoms with Gasteiger partial charge in [0.25, 0.3) is 0 Å². The number of anilines is 1. The Hall–Kier alpha value is -2.49. The van der Waals surface area contributed by atoms with Crippen molar-refractivity contribution in [2.24, 2.45) is 0 Å². The molecule has 0 radical (unpaired) electrons. The van der Waals surface area contributed by atoms with Gasteiger partial charge in [0.15, 0.2) is 5.82 Å². The van der Waals surface area contributed by atoms with E-state index in [-0.39, 0.29) is 5.82 Å². The predicted octanol–water partition coefficient (Wildman–Crippen LogP) is 3.63. The number of benzene rings is 2. The Bertz CT molecular complexity index is 812. The third-order valence-corrected chi connectivity index (χ3v) is 3.31. The summed E-state index contributed by atoms with van der Waals surface area (Å²) in [6.45, 7) is 3.71. The number of hydrogen-bond acceptors (Lipinski definition) is 3. The highest BCUT2D eigenvalue weighted by atomic mass is 19.1. The van der Waals surface area contributed by atoms with Crippen LogP contribution in [0.2, 0.25) is 0 Å². The summed E-state index contributed by atoms with van der Waals surface area (Å²) in [7, 11) is 0. The maximum atomic E-state index is 13.6. The normalized spacial score (nSPS) is 10.9. The highest BCUT2D eigenvalue weighted by molar-refractivity contribution is 5.90. The third-order valence-electron chi connectivity index (χ3n) is 3.31. The smallest absolute Gasteiger partial charge is 0.162 e. The van der Waals surface area contributed by atoms with Crippen LogP contribution in [-0.2, 0) is 0 Å². The fourth-order valence-electron chi connectivity index (χ4n) is 2.13. The van der Waals surface area contributed by atoms with Crippen molar-refractivity contribution >= 4 is 16.7 Å². The fraction of sp³-hybridized carbons (Fsp3) is 0.125. The standard InChI is InChI=1S/C16H14FN3/c1-9-3-6-14-12(7-9)15(18)20-16(19-14)11-5-4-10(2)13(17)8-11/h3-8H,1-2H3,(H2,18,19,20). The molecule has 3 aromatic rings. The monoisotopic (exact) mass is 267 g/mol. The number of rotatable bonds is 1. The van der Waals surface area contributed by atoms with Gasteiger partial charge < -0.3 is 5.73 Å². The fourth-order valence-corrected chi connectivity index (χ4v) is 2.13. The zero-order valence-electron chi connectivity index (χ0n) is 11.3. The Morgan fingerprint density at radius 3 is 2.55 bits per heavy atom. The van der Waals surface area contributed by atoms with E-state index in [0.29, 0.717) is 22.8 Å². The Balaban J connectivity index is 2.21. The molecule has 0 aliphatic carbocycles. The average Bonchev–Trinajstić information content (AvgIpc) is 2.42. The molecule has 0 saturated heterocycles. The van der Waals surface area contributed by atoms with Crippen LogP contribution >= 0.6 is 0 Å². The van der Waals surface area contributed by atoms with Gasteiger partial charge in [-0.05, 0) is 37.6 Å². The van der Waals surface area contributed by atoms with Crippen LogP contribution in [0, 0.1) is 19.7 Å². The van der Waals surface area contributed by atoms with E-state index in [2.05, 4.69) is 9.97 Å². The number of fused-ring (bicyclic) bond motifs is 1. The molecule has 4 heteroatoms. The molecule has 1 aromatic heterocycles. The number of aromatic nitrogens is 2. The van der Waals surface area contributed by atoms with Crippen LogP contribution in [0.15, 0.2) is 36.4 Å². The lowest BCUT2D eigenvalue weighted by molar-refractivity contribution is 0.619. The van der Waals surface area contributed by atoms with Crippen LogP contribution in [0.25, 0.3) is 22.3 Å². The molecule has 100 valence electrons. The Morgan fingerprint density at radius 2 is 1.80 bits per heavy atom. The molecule has 0 atom stereocenters. The molecule has 0 aliphatic rings. The highest BCUT2D eigenvalue weighted by Crippen LogP contribution is 2.25. The Labute approximate surface area is 116 Å². The molecular weight excluding hydrogens is 253 g/mol. The third kappa shape index (κ3) is 2.09. The molecule has 0 amide bonds. The number of aryl methyl sites for hydroxylation is 2. The van der Waals surface area contributed by atoms with Gasteiger partial charge in [0.2, 0.25) is 0 Å². The van der Waals surface area contributed by atoms with E-state index in [0.717, 1.165) is 16.5 Å². The van der Waals surface area contributed by atoms with E-state index in [9.17, 15) is 4.39 Å². The van der Waals surface area contributed by atoms with Crippen LogP contribution < -0.4 is 5.73 Å². The number of nitrogens with two attached hydrogens (primary N) is 1. The van der Waals surface area contributed by atoms with Gasteiger partial charge in [-0.2, -0.15) is 0 Å². The SMILES string of the molecule is Cc1ccc2nc(-c3ccc(C)c(F)c3)nc(N)c2c1. The van der Waals surface area contributed by atoms with Crippen LogP contribution in [0.5, 0.6) is 0 Å². The number of hydrogen-bond donors (Lipinski definition) is 1. The van der Waals surface area contributed by atoms with E-state index in [1.165, 1.54) is 6.07 Å². The summed E-state index contributed by atoms with van der Waals surface area (Å²) in [5.74, 6) is 0.584. The van der Waals surface area contributed by atoms with Gasteiger partial charge in [-0.15, -0.1) is 0 Å². The lowest BCUT2D eigenvalue weighted by atomic mass is 10.1. The van der Waals surface area contributed by atoms with E-state index in [1.807, 2.05) is 25.1 Å². The Kier molecular flexibility index (Phi) is 2.86. The van der Waals surface area contributed by atoms with Crippen molar-refractivity contribution < 1.29 is 4.39 Å². The molecule has 20 heavy (non-hydrogen) atoms. The van der Waals surface area contributed by atoms with Gasteiger partial charge in [-0.3, -0.25) is 0 Å². The lowest BCUT2D eigenvalue weighted by Gasteiger charge is -2.07. The molecule has 1 heterocycles. The van der Waals surface area contributed by atoms with E-state index in [4.69, 9.17) is 5.73 Å². The molecule has 0 saturated carbocycles. The maximum absolute atomic E-state index is 13.6. The average molecular weight is 267 g/mol. The molecule has 2 aromatic carbocycles. The van der Waals surface area contributed by atoms with Crippen molar-refractivity contribution in [3.8, 4) is 11.4 Å². The Morgan fingerprint density at radius 1 is 1.00 bits per heavy atom. The molecule has 0 aliphatic heterocycles. The molecule has 0 spiro atoms. The first-order valence-electron chi connectivity index (χ1n) is 6.35. The van der Waals surface area contributed by atoms with Crippen molar-refractivity contribution in [2.75, 3.05) is 5.73 Å². The minimum atomic E-state index is -0.270. The van der Waals surface area contributed by atoms with Crippen molar-refractivity contribution in [3.05, 3.63) is 53.3 Å². The summed E-state index contributed by atoms with van der Waals surface area (Å²) >= 11 is 0. The summed E-state index contributed by atoms with van der Waals surface area (Å²) < 4.78 is 13.6. The quantitative estimate of drug-likeness (QED) is 0.732. The topological polar surface area (TPSA) is 51.8 Å². The first-order chi connectivity index (χ1) is 9.54. The number of nitrogens with zero attached hydrogens (tertiary/aromatic N) is 2. The summed E-state index contributed by atoms with van der Waals surface area (Å²) in [5, 5.41) is 0.821. The van der Waals surface area contributed by atoms with Gasteiger partial charge in [0, 0.05) is 10.9 Å².